The fourth-order valence-electron chi connectivity index (χ4n) is 2.82. The van der Waals surface area contributed by atoms with Gasteiger partial charge in [0.1, 0.15) is 5.82 Å². The molecular formula is C16H25N3O. The second-order valence-corrected chi connectivity index (χ2v) is 6.00. The number of aryl methyl sites for hydroxylation is 1. The first-order valence-electron chi connectivity index (χ1n) is 7.34. The molecule has 2 rings (SSSR count). The average molecular weight is 275 g/mol. The maximum Gasteiger partial charge on any atom is 0.110 e. The van der Waals surface area contributed by atoms with Gasteiger partial charge in [0.2, 0.25) is 0 Å². The third-order valence-corrected chi connectivity index (χ3v) is 3.71. The zero-order chi connectivity index (χ0) is 14.8. The summed E-state index contributed by atoms with van der Waals surface area (Å²) < 4.78 is 2.28. The number of nitrogens with zero attached hydrogens (tertiary/aromatic N) is 2. The minimum Gasteiger partial charge on any atom is -0.394 e. The molecule has 0 aliphatic carbocycles. The quantitative estimate of drug-likeness (QED) is 0.852. The van der Waals surface area contributed by atoms with Crippen LogP contribution in [0.3, 0.4) is 0 Å². The Labute approximate surface area is 120 Å². The first kappa shape index (κ1) is 15.0. The number of hydrogen-bond donors (Lipinski definition) is 2. The van der Waals surface area contributed by atoms with Crippen LogP contribution in [0.1, 0.15) is 45.5 Å². The van der Waals surface area contributed by atoms with Crippen molar-refractivity contribution >= 4 is 11.0 Å². The molecule has 0 saturated carbocycles. The van der Waals surface area contributed by atoms with Gasteiger partial charge in [-0.3, -0.25) is 0 Å². The third kappa shape index (κ3) is 3.02. The van der Waals surface area contributed by atoms with Crippen molar-refractivity contribution in [2.75, 3.05) is 6.61 Å². The van der Waals surface area contributed by atoms with Crippen LogP contribution in [0.5, 0.6) is 0 Å². The minimum absolute atomic E-state index is 0.00686. The lowest BCUT2D eigenvalue weighted by Gasteiger charge is -2.27. The van der Waals surface area contributed by atoms with Crippen LogP contribution in [0.4, 0.5) is 0 Å². The van der Waals surface area contributed by atoms with Gasteiger partial charge in [0, 0.05) is 18.0 Å². The molecule has 20 heavy (non-hydrogen) atoms. The lowest BCUT2D eigenvalue weighted by Crippen LogP contribution is -2.42. The monoisotopic (exact) mass is 275 g/mol. The van der Waals surface area contributed by atoms with E-state index in [0.717, 1.165) is 36.1 Å². The van der Waals surface area contributed by atoms with Gasteiger partial charge in [0.05, 0.1) is 17.6 Å². The summed E-state index contributed by atoms with van der Waals surface area (Å²) in [5, 5.41) is 9.38. The highest BCUT2D eigenvalue weighted by atomic mass is 16.3. The molecule has 110 valence electrons. The van der Waals surface area contributed by atoms with Crippen molar-refractivity contribution in [2.45, 2.75) is 51.6 Å². The molecule has 0 aliphatic heterocycles. The molecule has 2 aromatic rings. The summed E-state index contributed by atoms with van der Waals surface area (Å²) in [5.41, 5.74) is 7.73. The van der Waals surface area contributed by atoms with E-state index in [9.17, 15) is 5.11 Å². The highest BCUT2D eigenvalue weighted by molar-refractivity contribution is 5.76. The molecule has 0 amide bonds. The van der Waals surface area contributed by atoms with Crippen molar-refractivity contribution in [1.82, 2.24) is 9.55 Å². The molecule has 0 radical (unpaired) electrons. The Bertz CT molecular complexity index is 574. The molecule has 0 fully saturated rings. The molecule has 2 atom stereocenters. The molecule has 1 aromatic heterocycles. The van der Waals surface area contributed by atoms with Crippen molar-refractivity contribution in [2.24, 2.45) is 5.73 Å². The molecule has 0 bridgehead atoms. The van der Waals surface area contributed by atoms with Gasteiger partial charge in [-0.05, 0) is 38.8 Å². The summed E-state index contributed by atoms with van der Waals surface area (Å²) in [7, 11) is 0. The standard InChI is InChI=1S/C16H25N3O/c1-4-7-15-18-13-8-5-6-9-14(13)19(15)12(2)10-16(3,17)11-20/h5-6,8-9,12,20H,4,7,10-11,17H2,1-3H3. The zero-order valence-electron chi connectivity index (χ0n) is 12.6. The zero-order valence-corrected chi connectivity index (χ0v) is 12.6. The number of aliphatic hydroxyl groups is 1. The molecule has 4 heteroatoms. The Kier molecular flexibility index (Phi) is 4.45. The second-order valence-electron chi connectivity index (χ2n) is 6.00. The highest BCUT2D eigenvalue weighted by Gasteiger charge is 2.24. The van der Waals surface area contributed by atoms with Crippen LogP contribution in [0.2, 0.25) is 0 Å². The van der Waals surface area contributed by atoms with Gasteiger partial charge in [-0.1, -0.05) is 19.1 Å². The van der Waals surface area contributed by atoms with E-state index < -0.39 is 5.54 Å². The predicted octanol–water partition coefficient (Wildman–Crippen LogP) is 2.65. The average Bonchev–Trinajstić information content (AvgIpc) is 2.76. The van der Waals surface area contributed by atoms with Crippen LogP contribution in [-0.4, -0.2) is 26.8 Å². The van der Waals surface area contributed by atoms with E-state index in [2.05, 4.69) is 24.5 Å². The molecule has 0 saturated heterocycles. The number of aromatic nitrogens is 2. The fourth-order valence-corrected chi connectivity index (χ4v) is 2.82. The molecule has 4 nitrogen and oxygen atoms in total. The van der Waals surface area contributed by atoms with Gasteiger partial charge in [-0.25, -0.2) is 4.98 Å². The fraction of sp³-hybridized carbons (Fsp3) is 0.562. The van der Waals surface area contributed by atoms with E-state index in [1.165, 1.54) is 0 Å². The maximum atomic E-state index is 9.38. The smallest absolute Gasteiger partial charge is 0.110 e. The topological polar surface area (TPSA) is 64.1 Å². The number of hydrogen-bond acceptors (Lipinski definition) is 3. The van der Waals surface area contributed by atoms with E-state index in [1.807, 2.05) is 25.1 Å². The third-order valence-electron chi connectivity index (χ3n) is 3.71. The Morgan fingerprint density at radius 2 is 2.10 bits per heavy atom. The summed E-state index contributed by atoms with van der Waals surface area (Å²) in [5.74, 6) is 1.11. The van der Waals surface area contributed by atoms with Crippen molar-refractivity contribution in [3.05, 3.63) is 30.1 Å². The van der Waals surface area contributed by atoms with Crippen LogP contribution in [0.15, 0.2) is 24.3 Å². The van der Waals surface area contributed by atoms with Gasteiger partial charge in [-0.2, -0.15) is 0 Å². The van der Waals surface area contributed by atoms with E-state index in [0.29, 0.717) is 0 Å². The normalized spacial score (nSPS) is 16.2. The number of aliphatic hydroxyl groups excluding tert-OH is 1. The van der Waals surface area contributed by atoms with Crippen LogP contribution in [-0.2, 0) is 6.42 Å². The van der Waals surface area contributed by atoms with Crippen molar-refractivity contribution in [3.8, 4) is 0 Å². The SMILES string of the molecule is CCCc1nc2ccccc2n1C(C)CC(C)(N)CO. The Hall–Kier alpha value is -1.39. The summed E-state index contributed by atoms with van der Waals surface area (Å²) in [4.78, 5) is 4.74. The van der Waals surface area contributed by atoms with E-state index >= 15 is 0 Å². The first-order valence-corrected chi connectivity index (χ1v) is 7.34. The van der Waals surface area contributed by atoms with Crippen LogP contribution in [0, 0.1) is 0 Å². The van der Waals surface area contributed by atoms with Crippen LogP contribution in [0.25, 0.3) is 11.0 Å². The second kappa shape index (κ2) is 5.94. The van der Waals surface area contributed by atoms with E-state index in [-0.39, 0.29) is 12.6 Å². The summed E-state index contributed by atoms with van der Waals surface area (Å²) in [6.45, 7) is 6.19. The molecule has 0 aliphatic rings. The van der Waals surface area contributed by atoms with Crippen molar-refractivity contribution < 1.29 is 5.11 Å². The lowest BCUT2D eigenvalue weighted by molar-refractivity contribution is 0.185. The molecule has 1 aromatic carbocycles. The van der Waals surface area contributed by atoms with E-state index in [4.69, 9.17) is 10.7 Å². The Morgan fingerprint density at radius 1 is 1.40 bits per heavy atom. The van der Waals surface area contributed by atoms with Crippen LogP contribution >= 0.6 is 0 Å². The molecule has 3 N–H and O–H groups in total. The largest absolute Gasteiger partial charge is 0.394 e. The van der Waals surface area contributed by atoms with Crippen molar-refractivity contribution in [1.29, 1.82) is 0 Å². The van der Waals surface area contributed by atoms with Gasteiger partial charge in [0.15, 0.2) is 0 Å². The lowest BCUT2D eigenvalue weighted by atomic mass is 9.95. The van der Waals surface area contributed by atoms with Gasteiger partial charge >= 0.3 is 0 Å². The summed E-state index contributed by atoms with van der Waals surface area (Å²) in [6.07, 6.45) is 2.75. The number of imidazole rings is 1. The number of benzene rings is 1. The summed E-state index contributed by atoms with van der Waals surface area (Å²) >= 11 is 0. The number of rotatable bonds is 6. The molecule has 2 unspecified atom stereocenters. The van der Waals surface area contributed by atoms with Gasteiger partial charge in [0.25, 0.3) is 0 Å². The minimum atomic E-state index is -0.561. The Morgan fingerprint density at radius 3 is 2.75 bits per heavy atom. The van der Waals surface area contributed by atoms with Crippen molar-refractivity contribution in [3.63, 3.8) is 0 Å². The number of fused-ring (bicyclic) bond motifs is 1. The molecule has 1 heterocycles. The van der Waals surface area contributed by atoms with Gasteiger partial charge in [-0.15, -0.1) is 0 Å². The highest BCUT2D eigenvalue weighted by Crippen LogP contribution is 2.26. The first-order chi connectivity index (χ1) is 9.48. The van der Waals surface area contributed by atoms with Gasteiger partial charge < -0.3 is 15.4 Å². The van der Waals surface area contributed by atoms with Crippen LogP contribution < -0.4 is 5.73 Å². The summed E-state index contributed by atoms with van der Waals surface area (Å²) in [6, 6.07) is 8.42. The number of nitrogens with two attached hydrogens (primary N) is 1. The van der Waals surface area contributed by atoms with E-state index in [1.54, 1.807) is 0 Å². The Balaban J connectivity index is 2.42. The number of para-hydroxylation sites is 2. The molecule has 0 spiro atoms. The molecular weight excluding hydrogens is 250 g/mol. The maximum absolute atomic E-state index is 9.38. The predicted molar refractivity (Wildman–Crippen MR) is 82.7 cm³/mol.